The van der Waals surface area contributed by atoms with Gasteiger partial charge in [-0.05, 0) is 37.8 Å². The Bertz CT molecular complexity index is 631. The zero-order valence-electron chi connectivity index (χ0n) is 12.3. The molecule has 0 radical (unpaired) electrons. The number of nitrogens with zero attached hydrogens (tertiary/aromatic N) is 4. The fraction of sp³-hybridized carbons (Fsp3) is 0.467. The molecule has 0 aromatic carbocycles. The number of piperidine rings is 1. The highest BCUT2D eigenvalue weighted by Crippen LogP contribution is 2.21. The maximum Gasteiger partial charge on any atom is 0.267 e. The van der Waals surface area contributed by atoms with Crippen molar-refractivity contribution in [3.8, 4) is 0 Å². The number of thiazole rings is 1. The van der Waals surface area contributed by atoms with Crippen LogP contribution in [0.2, 0.25) is 0 Å². The third-order valence-electron chi connectivity index (χ3n) is 3.95. The minimum atomic E-state index is -0.502. The Morgan fingerprint density at radius 1 is 1.36 bits per heavy atom. The standard InChI is InChI=1S/C15H19N5OS/c16-15(21)14-5-12(17-9-18-14)4-11-2-1-3-20(6-11)7-13-8-22-10-19-13/h5,8-11H,1-4,6-7H2,(H2,16,21). The molecule has 1 aliphatic rings. The van der Waals surface area contributed by atoms with Gasteiger partial charge in [0.15, 0.2) is 0 Å². The quantitative estimate of drug-likeness (QED) is 0.903. The van der Waals surface area contributed by atoms with Crippen molar-refractivity contribution < 1.29 is 4.79 Å². The van der Waals surface area contributed by atoms with Gasteiger partial charge in [-0.2, -0.15) is 0 Å². The van der Waals surface area contributed by atoms with Gasteiger partial charge in [-0.3, -0.25) is 9.69 Å². The molecule has 2 N–H and O–H groups in total. The maximum absolute atomic E-state index is 11.2. The van der Waals surface area contributed by atoms with Gasteiger partial charge in [-0.1, -0.05) is 0 Å². The van der Waals surface area contributed by atoms with E-state index in [-0.39, 0.29) is 0 Å². The molecular weight excluding hydrogens is 298 g/mol. The number of hydrogen-bond acceptors (Lipinski definition) is 6. The van der Waals surface area contributed by atoms with Crippen LogP contribution in [0.5, 0.6) is 0 Å². The maximum atomic E-state index is 11.2. The van der Waals surface area contributed by atoms with Gasteiger partial charge in [0.25, 0.3) is 5.91 Å². The predicted octanol–water partition coefficient (Wildman–Crippen LogP) is 1.49. The summed E-state index contributed by atoms with van der Waals surface area (Å²) in [7, 11) is 0. The number of amides is 1. The molecule has 0 spiro atoms. The largest absolute Gasteiger partial charge is 0.364 e. The van der Waals surface area contributed by atoms with Crippen molar-refractivity contribution in [1.29, 1.82) is 0 Å². The Labute approximate surface area is 133 Å². The van der Waals surface area contributed by atoms with E-state index in [0.29, 0.717) is 11.6 Å². The molecule has 0 saturated carbocycles. The molecule has 1 atom stereocenters. The van der Waals surface area contributed by atoms with Crippen LogP contribution in [-0.2, 0) is 13.0 Å². The van der Waals surface area contributed by atoms with E-state index in [1.165, 1.54) is 19.2 Å². The molecule has 6 nitrogen and oxygen atoms in total. The van der Waals surface area contributed by atoms with E-state index in [9.17, 15) is 4.79 Å². The van der Waals surface area contributed by atoms with E-state index in [4.69, 9.17) is 5.73 Å². The number of aromatic nitrogens is 3. The molecule has 3 rings (SSSR count). The van der Waals surface area contributed by atoms with Crippen LogP contribution in [0.1, 0.15) is 34.7 Å². The summed E-state index contributed by atoms with van der Waals surface area (Å²) in [6.45, 7) is 3.06. The van der Waals surface area contributed by atoms with Crippen molar-refractivity contribution in [1.82, 2.24) is 19.9 Å². The molecule has 22 heavy (non-hydrogen) atoms. The third kappa shape index (κ3) is 3.86. The Morgan fingerprint density at radius 3 is 3.05 bits per heavy atom. The van der Waals surface area contributed by atoms with Crippen LogP contribution in [0, 0.1) is 5.92 Å². The van der Waals surface area contributed by atoms with Crippen molar-refractivity contribution in [2.75, 3.05) is 13.1 Å². The molecule has 0 bridgehead atoms. The lowest BCUT2D eigenvalue weighted by molar-refractivity contribution is 0.0995. The molecule has 116 valence electrons. The lowest BCUT2D eigenvalue weighted by Crippen LogP contribution is -2.36. The molecule has 3 heterocycles. The van der Waals surface area contributed by atoms with Gasteiger partial charge in [-0.15, -0.1) is 11.3 Å². The van der Waals surface area contributed by atoms with Crippen LogP contribution >= 0.6 is 11.3 Å². The Balaban J connectivity index is 1.60. The fourth-order valence-corrected chi connectivity index (χ4v) is 3.50. The molecule has 7 heteroatoms. The molecule has 1 aliphatic heterocycles. The summed E-state index contributed by atoms with van der Waals surface area (Å²) in [5.74, 6) is 0.0421. The number of primary amides is 1. The van der Waals surface area contributed by atoms with E-state index in [2.05, 4.69) is 25.2 Å². The molecule has 0 aliphatic carbocycles. The van der Waals surface area contributed by atoms with E-state index in [1.54, 1.807) is 17.4 Å². The van der Waals surface area contributed by atoms with Gasteiger partial charge < -0.3 is 5.73 Å². The number of hydrogen-bond donors (Lipinski definition) is 1. The number of carbonyl (C=O) groups excluding carboxylic acids is 1. The minimum Gasteiger partial charge on any atom is -0.364 e. The average Bonchev–Trinajstić information content (AvgIpc) is 3.01. The lowest BCUT2D eigenvalue weighted by atomic mass is 9.93. The predicted molar refractivity (Wildman–Crippen MR) is 84.4 cm³/mol. The van der Waals surface area contributed by atoms with Crippen LogP contribution in [-0.4, -0.2) is 38.8 Å². The molecular formula is C15H19N5OS. The van der Waals surface area contributed by atoms with Crippen LogP contribution in [0.4, 0.5) is 0 Å². The molecule has 2 aromatic rings. The van der Waals surface area contributed by atoms with Crippen LogP contribution < -0.4 is 5.73 Å². The van der Waals surface area contributed by atoms with Crippen LogP contribution in [0.15, 0.2) is 23.3 Å². The first-order valence-corrected chi connectivity index (χ1v) is 8.35. The molecule has 1 amide bonds. The van der Waals surface area contributed by atoms with Crippen LogP contribution in [0.25, 0.3) is 0 Å². The van der Waals surface area contributed by atoms with Crippen molar-refractivity contribution in [3.05, 3.63) is 40.4 Å². The monoisotopic (exact) mass is 317 g/mol. The summed E-state index contributed by atoms with van der Waals surface area (Å²) in [5.41, 5.74) is 9.48. The van der Waals surface area contributed by atoms with Crippen molar-refractivity contribution >= 4 is 17.2 Å². The second-order valence-electron chi connectivity index (χ2n) is 5.69. The van der Waals surface area contributed by atoms with Crippen molar-refractivity contribution in [2.45, 2.75) is 25.8 Å². The molecule has 1 fully saturated rings. The van der Waals surface area contributed by atoms with E-state index >= 15 is 0 Å². The zero-order chi connectivity index (χ0) is 15.4. The molecule has 2 aromatic heterocycles. The second-order valence-corrected chi connectivity index (χ2v) is 6.40. The second kappa shape index (κ2) is 6.93. The number of carbonyl (C=O) groups is 1. The summed E-state index contributed by atoms with van der Waals surface area (Å²) >= 11 is 1.64. The average molecular weight is 317 g/mol. The van der Waals surface area contributed by atoms with E-state index in [1.807, 2.05) is 5.51 Å². The Kier molecular flexibility index (Phi) is 4.74. The van der Waals surface area contributed by atoms with Gasteiger partial charge in [0.05, 0.1) is 11.2 Å². The summed E-state index contributed by atoms with van der Waals surface area (Å²) in [6, 6.07) is 1.71. The van der Waals surface area contributed by atoms with Crippen LogP contribution in [0.3, 0.4) is 0 Å². The topological polar surface area (TPSA) is 85.0 Å². The molecule has 1 unspecified atom stereocenters. The highest BCUT2D eigenvalue weighted by atomic mass is 32.1. The third-order valence-corrected chi connectivity index (χ3v) is 4.58. The Morgan fingerprint density at radius 2 is 2.27 bits per heavy atom. The zero-order valence-corrected chi connectivity index (χ0v) is 13.1. The van der Waals surface area contributed by atoms with Crippen molar-refractivity contribution in [3.63, 3.8) is 0 Å². The Hall–Kier alpha value is -1.86. The van der Waals surface area contributed by atoms with Gasteiger partial charge in [-0.25, -0.2) is 15.0 Å². The van der Waals surface area contributed by atoms with Gasteiger partial charge >= 0.3 is 0 Å². The highest BCUT2D eigenvalue weighted by Gasteiger charge is 2.21. The smallest absolute Gasteiger partial charge is 0.267 e. The first-order chi connectivity index (χ1) is 10.7. The van der Waals surface area contributed by atoms with Gasteiger partial charge in [0.1, 0.15) is 12.0 Å². The first-order valence-electron chi connectivity index (χ1n) is 7.41. The summed E-state index contributed by atoms with van der Waals surface area (Å²) in [5, 5.41) is 2.10. The number of rotatable bonds is 5. The normalized spacial score (nSPS) is 19.2. The SMILES string of the molecule is NC(=O)c1cc(CC2CCCN(Cc3cscn3)C2)ncn1. The van der Waals surface area contributed by atoms with E-state index in [0.717, 1.165) is 37.4 Å². The summed E-state index contributed by atoms with van der Waals surface area (Å²) < 4.78 is 0. The summed E-state index contributed by atoms with van der Waals surface area (Å²) in [4.78, 5) is 26.2. The number of likely N-dealkylation sites (tertiary alicyclic amines) is 1. The first kappa shape index (κ1) is 15.1. The van der Waals surface area contributed by atoms with E-state index < -0.39 is 5.91 Å². The number of nitrogens with two attached hydrogens (primary N) is 1. The lowest BCUT2D eigenvalue weighted by Gasteiger charge is -2.32. The van der Waals surface area contributed by atoms with Gasteiger partial charge in [0.2, 0.25) is 0 Å². The minimum absolute atomic E-state index is 0.292. The van der Waals surface area contributed by atoms with Gasteiger partial charge in [0, 0.05) is 24.2 Å². The van der Waals surface area contributed by atoms with Crippen molar-refractivity contribution in [2.24, 2.45) is 11.7 Å². The highest BCUT2D eigenvalue weighted by molar-refractivity contribution is 7.07. The molecule has 1 saturated heterocycles. The summed E-state index contributed by atoms with van der Waals surface area (Å²) in [6.07, 6.45) is 4.65. The fourth-order valence-electron chi connectivity index (χ4n) is 2.95.